The Bertz CT molecular complexity index is 1980. The van der Waals surface area contributed by atoms with Crippen LogP contribution in [0.1, 0.15) is 33.4 Å². The standard InChI is InChI=1S/C35H27NO2/c1-20-18-24-22-10-5-6-12-25(22)35(28(24)19-21(20)2)26-13-7-8-15-29(26)36-30-16-17-31(37-3)34(38-4)32(30)23-11-9-14-27(35)33(23)36/h5-19H,1-4H3. The molecule has 1 aliphatic heterocycles. The van der Waals surface area contributed by atoms with Gasteiger partial charge in [0.05, 0.1) is 41.7 Å². The summed E-state index contributed by atoms with van der Waals surface area (Å²) >= 11 is 0. The first-order chi connectivity index (χ1) is 18.6. The van der Waals surface area contributed by atoms with Crippen molar-refractivity contribution in [3.05, 3.63) is 124 Å². The molecule has 0 amide bonds. The molecule has 0 bridgehead atoms. The van der Waals surface area contributed by atoms with Gasteiger partial charge >= 0.3 is 0 Å². The fourth-order valence-electron chi connectivity index (χ4n) is 7.27. The lowest BCUT2D eigenvalue weighted by molar-refractivity contribution is 0.358. The largest absolute Gasteiger partial charge is 0.493 e. The third kappa shape index (κ3) is 2.32. The van der Waals surface area contributed by atoms with Gasteiger partial charge in [-0.2, -0.15) is 0 Å². The lowest BCUT2D eigenvalue weighted by Crippen LogP contribution is -2.33. The van der Waals surface area contributed by atoms with E-state index in [9.17, 15) is 0 Å². The summed E-state index contributed by atoms with van der Waals surface area (Å²) in [6.45, 7) is 4.45. The fourth-order valence-corrected chi connectivity index (χ4v) is 7.27. The van der Waals surface area contributed by atoms with Crippen LogP contribution in [0.25, 0.3) is 38.6 Å². The molecule has 0 radical (unpaired) electrons. The minimum absolute atomic E-state index is 0.414. The quantitative estimate of drug-likeness (QED) is 0.243. The van der Waals surface area contributed by atoms with Crippen LogP contribution in [-0.2, 0) is 5.41 Å². The van der Waals surface area contributed by atoms with Crippen molar-refractivity contribution < 1.29 is 9.47 Å². The zero-order chi connectivity index (χ0) is 25.8. The van der Waals surface area contributed by atoms with Crippen LogP contribution >= 0.6 is 0 Å². The summed E-state index contributed by atoms with van der Waals surface area (Å²) in [5.74, 6) is 1.52. The van der Waals surface area contributed by atoms with Gasteiger partial charge in [-0.25, -0.2) is 0 Å². The van der Waals surface area contributed by atoms with Crippen molar-refractivity contribution in [1.82, 2.24) is 4.57 Å². The number of benzene rings is 5. The van der Waals surface area contributed by atoms with E-state index in [-0.39, 0.29) is 0 Å². The van der Waals surface area contributed by atoms with E-state index in [1.807, 2.05) is 6.07 Å². The number of para-hydroxylation sites is 2. The van der Waals surface area contributed by atoms with E-state index in [0.717, 1.165) is 22.4 Å². The first-order valence-corrected chi connectivity index (χ1v) is 13.1. The lowest BCUT2D eigenvalue weighted by atomic mass is 9.65. The molecular formula is C35H27NO2. The molecule has 2 aliphatic rings. The van der Waals surface area contributed by atoms with Crippen molar-refractivity contribution in [2.24, 2.45) is 0 Å². The monoisotopic (exact) mass is 493 g/mol. The third-order valence-corrected chi connectivity index (χ3v) is 8.91. The Morgan fingerprint density at radius 3 is 2.18 bits per heavy atom. The fraction of sp³-hybridized carbons (Fsp3) is 0.143. The molecule has 3 heteroatoms. The summed E-state index contributed by atoms with van der Waals surface area (Å²) in [6.07, 6.45) is 0. The van der Waals surface area contributed by atoms with Crippen molar-refractivity contribution in [1.29, 1.82) is 0 Å². The summed E-state index contributed by atoms with van der Waals surface area (Å²) in [7, 11) is 3.43. The highest BCUT2D eigenvalue weighted by Crippen LogP contribution is 2.61. The second-order valence-corrected chi connectivity index (χ2v) is 10.5. The van der Waals surface area contributed by atoms with Crippen molar-refractivity contribution in [2.45, 2.75) is 19.3 Å². The minimum atomic E-state index is -0.414. The zero-order valence-corrected chi connectivity index (χ0v) is 21.9. The van der Waals surface area contributed by atoms with Crippen LogP contribution in [0, 0.1) is 13.8 Å². The maximum atomic E-state index is 5.98. The van der Waals surface area contributed by atoms with Gasteiger partial charge in [0.1, 0.15) is 0 Å². The van der Waals surface area contributed by atoms with E-state index in [4.69, 9.17) is 9.47 Å². The molecule has 1 spiro atoms. The molecular weight excluding hydrogens is 466 g/mol. The summed E-state index contributed by atoms with van der Waals surface area (Å²) in [5.41, 5.74) is 13.8. The number of hydrogen-bond donors (Lipinski definition) is 0. The number of hydrogen-bond acceptors (Lipinski definition) is 2. The second-order valence-electron chi connectivity index (χ2n) is 10.5. The highest BCUT2D eigenvalue weighted by molar-refractivity contribution is 6.16. The van der Waals surface area contributed by atoms with Gasteiger partial charge in [-0.05, 0) is 76.6 Å². The predicted molar refractivity (Wildman–Crippen MR) is 154 cm³/mol. The number of fused-ring (bicyclic) bond motifs is 12. The average molecular weight is 494 g/mol. The molecule has 2 heterocycles. The summed E-state index contributed by atoms with van der Waals surface area (Å²) < 4.78 is 14.1. The Balaban J connectivity index is 1.66. The van der Waals surface area contributed by atoms with Gasteiger partial charge in [0, 0.05) is 5.39 Å². The molecule has 0 N–H and O–H groups in total. The summed E-state index contributed by atoms with van der Waals surface area (Å²) in [4.78, 5) is 0. The normalized spacial score (nSPS) is 16.5. The number of aryl methyl sites for hydroxylation is 2. The molecule has 0 saturated carbocycles. The van der Waals surface area contributed by atoms with Gasteiger partial charge in [0.2, 0.25) is 0 Å². The van der Waals surface area contributed by atoms with Gasteiger partial charge in [0.15, 0.2) is 11.5 Å². The Morgan fingerprint density at radius 2 is 1.37 bits per heavy atom. The smallest absolute Gasteiger partial charge is 0.170 e. The van der Waals surface area contributed by atoms with E-state index in [1.54, 1.807) is 14.2 Å². The third-order valence-electron chi connectivity index (χ3n) is 8.91. The van der Waals surface area contributed by atoms with Crippen LogP contribution < -0.4 is 9.47 Å². The molecule has 0 fully saturated rings. The van der Waals surface area contributed by atoms with E-state index in [0.29, 0.717) is 0 Å². The van der Waals surface area contributed by atoms with Crippen LogP contribution in [0.2, 0.25) is 0 Å². The summed E-state index contributed by atoms with van der Waals surface area (Å²) in [6, 6.07) is 33.7. The second kappa shape index (κ2) is 7.29. The van der Waals surface area contributed by atoms with Crippen molar-refractivity contribution in [3.8, 4) is 28.3 Å². The lowest BCUT2D eigenvalue weighted by Gasteiger charge is -2.39. The van der Waals surface area contributed by atoms with E-state index < -0.39 is 5.41 Å². The Labute approximate surface area is 221 Å². The van der Waals surface area contributed by atoms with Crippen LogP contribution in [0.4, 0.5) is 0 Å². The van der Waals surface area contributed by atoms with E-state index >= 15 is 0 Å². The highest BCUT2D eigenvalue weighted by atomic mass is 16.5. The molecule has 184 valence electrons. The first-order valence-electron chi connectivity index (χ1n) is 13.1. The topological polar surface area (TPSA) is 23.4 Å². The Kier molecular flexibility index (Phi) is 4.14. The molecule has 8 rings (SSSR count). The molecule has 5 aromatic carbocycles. The predicted octanol–water partition coefficient (Wildman–Crippen LogP) is 8.09. The number of aromatic nitrogens is 1. The van der Waals surface area contributed by atoms with Crippen LogP contribution in [0.5, 0.6) is 11.5 Å². The molecule has 6 aromatic rings. The molecule has 1 aromatic heterocycles. The van der Waals surface area contributed by atoms with Gasteiger partial charge in [-0.3, -0.25) is 0 Å². The average Bonchev–Trinajstić information content (AvgIpc) is 3.43. The molecule has 3 nitrogen and oxygen atoms in total. The van der Waals surface area contributed by atoms with Gasteiger partial charge in [0.25, 0.3) is 0 Å². The van der Waals surface area contributed by atoms with Gasteiger partial charge < -0.3 is 14.0 Å². The maximum absolute atomic E-state index is 5.98. The van der Waals surface area contributed by atoms with Crippen molar-refractivity contribution >= 4 is 21.8 Å². The van der Waals surface area contributed by atoms with Gasteiger partial charge in [-0.15, -0.1) is 0 Å². The van der Waals surface area contributed by atoms with Crippen LogP contribution in [0.15, 0.2) is 91.0 Å². The van der Waals surface area contributed by atoms with E-state index in [2.05, 4.69) is 103 Å². The Morgan fingerprint density at radius 1 is 0.632 bits per heavy atom. The summed E-state index contributed by atoms with van der Waals surface area (Å²) in [5, 5.41) is 2.26. The molecule has 0 saturated heterocycles. The molecule has 1 unspecified atom stereocenters. The van der Waals surface area contributed by atoms with Crippen LogP contribution in [-0.4, -0.2) is 18.8 Å². The molecule has 1 aliphatic carbocycles. The molecule has 1 atom stereocenters. The number of nitrogens with zero attached hydrogens (tertiary/aromatic N) is 1. The highest BCUT2D eigenvalue weighted by Gasteiger charge is 2.51. The number of methoxy groups -OCH3 is 2. The maximum Gasteiger partial charge on any atom is 0.170 e. The van der Waals surface area contributed by atoms with Crippen molar-refractivity contribution in [2.75, 3.05) is 14.2 Å². The minimum Gasteiger partial charge on any atom is -0.493 e. The zero-order valence-electron chi connectivity index (χ0n) is 21.9. The number of rotatable bonds is 2. The van der Waals surface area contributed by atoms with E-state index in [1.165, 1.54) is 61.1 Å². The number of ether oxygens (including phenoxy) is 2. The Hall–Kier alpha value is -4.50. The van der Waals surface area contributed by atoms with Gasteiger partial charge in [-0.1, -0.05) is 72.8 Å². The SMILES string of the molecule is COc1ccc2c(c1OC)c1cccc3c1n2-c1ccccc1C31c2ccccc2-c2cc(C)c(C)cc21. The first kappa shape index (κ1) is 21.6. The molecule has 38 heavy (non-hydrogen) atoms. The van der Waals surface area contributed by atoms with Crippen molar-refractivity contribution in [3.63, 3.8) is 0 Å². The van der Waals surface area contributed by atoms with Crippen LogP contribution in [0.3, 0.4) is 0 Å².